The molecule has 0 aromatic heterocycles. The molecule has 3 heteroatoms. The molecule has 0 spiro atoms. The molecule has 1 unspecified atom stereocenters. The Morgan fingerprint density at radius 2 is 2.22 bits per heavy atom. The van der Waals surface area contributed by atoms with Crippen molar-refractivity contribution < 1.29 is 4.79 Å². The maximum absolute atomic E-state index is 12.6. The Bertz CT molecular complexity index is 526. The Kier molecular flexibility index (Phi) is 6.85. The predicted octanol–water partition coefficient (Wildman–Crippen LogP) is 3.63. The Labute approximate surface area is 141 Å². The third-order valence-electron chi connectivity index (χ3n) is 4.81. The summed E-state index contributed by atoms with van der Waals surface area (Å²) in [7, 11) is 2.18. The Balaban J connectivity index is 1.90. The molecule has 1 aromatic carbocycles. The number of hydrogen-bond acceptors (Lipinski definition) is 2. The van der Waals surface area contributed by atoms with E-state index >= 15 is 0 Å². The minimum Gasteiger partial charge on any atom is -0.335 e. The zero-order valence-corrected chi connectivity index (χ0v) is 14.6. The highest BCUT2D eigenvalue weighted by Crippen LogP contribution is 2.21. The molecule has 1 aliphatic rings. The van der Waals surface area contributed by atoms with Crippen molar-refractivity contribution in [2.45, 2.75) is 39.2 Å². The molecule has 1 fully saturated rings. The largest absolute Gasteiger partial charge is 0.335 e. The van der Waals surface area contributed by atoms with E-state index in [2.05, 4.69) is 37.6 Å². The average Bonchev–Trinajstić information content (AvgIpc) is 2.54. The lowest BCUT2D eigenvalue weighted by Crippen LogP contribution is -2.34. The molecule has 0 saturated carbocycles. The molecular formula is C20H30N2O. The summed E-state index contributed by atoms with van der Waals surface area (Å²) in [6.45, 7) is 9.54. The van der Waals surface area contributed by atoms with Gasteiger partial charge in [-0.05, 0) is 56.8 Å². The van der Waals surface area contributed by atoms with Crippen molar-refractivity contribution in [1.29, 1.82) is 0 Å². The van der Waals surface area contributed by atoms with Crippen molar-refractivity contribution in [3.05, 3.63) is 48.0 Å². The van der Waals surface area contributed by atoms with Crippen LogP contribution in [0.1, 0.15) is 36.8 Å². The van der Waals surface area contributed by atoms with Crippen molar-refractivity contribution in [2.24, 2.45) is 5.92 Å². The second-order valence-corrected chi connectivity index (χ2v) is 6.80. The molecule has 23 heavy (non-hydrogen) atoms. The van der Waals surface area contributed by atoms with Gasteiger partial charge in [-0.1, -0.05) is 30.3 Å². The maximum Gasteiger partial charge on any atom is 0.223 e. The smallest absolute Gasteiger partial charge is 0.223 e. The minimum atomic E-state index is 0.251. The molecule has 0 N–H and O–H groups in total. The number of likely N-dealkylation sites (tertiary alicyclic amines) is 1. The summed E-state index contributed by atoms with van der Waals surface area (Å²) in [5.74, 6) is 0.920. The lowest BCUT2D eigenvalue weighted by atomic mass is 9.93. The van der Waals surface area contributed by atoms with Crippen molar-refractivity contribution in [3.63, 3.8) is 0 Å². The molecule has 126 valence electrons. The van der Waals surface area contributed by atoms with Gasteiger partial charge in [0.1, 0.15) is 0 Å². The van der Waals surface area contributed by atoms with E-state index < -0.39 is 0 Å². The van der Waals surface area contributed by atoms with Crippen LogP contribution in [0.25, 0.3) is 0 Å². The summed E-state index contributed by atoms with van der Waals surface area (Å²) in [5.41, 5.74) is 2.46. The van der Waals surface area contributed by atoms with Gasteiger partial charge >= 0.3 is 0 Å². The topological polar surface area (TPSA) is 23.6 Å². The number of carbonyl (C=O) groups excluding carboxylic acids is 1. The molecule has 3 nitrogen and oxygen atoms in total. The minimum absolute atomic E-state index is 0.251. The third kappa shape index (κ3) is 5.51. The highest BCUT2D eigenvalue weighted by Gasteiger charge is 2.20. The normalized spacial score (nSPS) is 18.6. The number of nitrogens with zero attached hydrogens (tertiary/aromatic N) is 2. The molecule has 1 heterocycles. The molecule has 2 rings (SSSR count). The summed E-state index contributed by atoms with van der Waals surface area (Å²) in [4.78, 5) is 17.0. The van der Waals surface area contributed by atoms with Gasteiger partial charge < -0.3 is 9.80 Å². The van der Waals surface area contributed by atoms with Crippen molar-refractivity contribution >= 4 is 5.91 Å². The average molecular weight is 314 g/mol. The summed E-state index contributed by atoms with van der Waals surface area (Å²) in [5, 5.41) is 0. The fourth-order valence-electron chi connectivity index (χ4n) is 3.40. The molecule has 1 atom stereocenters. The van der Waals surface area contributed by atoms with Gasteiger partial charge in [-0.2, -0.15) is 0 Å². The number of hydrogen-bond donors (Lipinski definition) is 0. The first-order valence-corrected chi connectivity index (χ1v) is 8.72. The van der Waals surface area contributed by atoms with E-state index in [0.717, 1.165) is 13.0 Å². The molecule has 1 aromatic rings. The van der Waals surface area contributed by atoms with Gasteiger partial charge in [0.25, 0.3) is 0 Å². The Morgan fingerprint density at radius 3 is 2.91 bits per heavy atom. The highest BCUT2D eigenvalue weighted by molar-refractivity contribution is 5.76. The first-order valence-electron chi connectivity index (χ1n) is 8.72. The van der Waals surface area contributed by atoms with Crippen LogP contribution in [0.15, 0.2) is 36.9 Å². The SMILES string of the molecule is C=CCN(Cc1ccccc1C)C(=O)CCC1CCCN(C)C1. The maximum atomic E-state index is 12.6. The zero-order valence-electron chi connectivity index (χ0n) is 14.6. The van der Waals surface area contributed by atoms with Gasteiger partial charge in [-0.25, -0.2) is 0 Å². The number of rotatable bonds is 7. The first-order chi connectivity index (χ1) is 11.1. The van der Waals surface area contributed by atoms with Gasteiger partial charge in [0.15, 0.2) is 0 Å². The van der Waals surface area contributed by atoms with Crippen LogP contribution in [0.4, 0.5) is 0 Å². The van der Waals surface area contributed by atoms with Crippen LogP contribution in [0, 0.1) is 12.8 Å². The van der Waals surface area contributed by atoms with Crippen molar-refractivity contribution in [2.75, 3.05) is 26.7 Å². The summed E-state index contributed by atoms with van der Waals surface area (Å²) in [6, 6.07) is 8.29. The monoisotopic (exact) mass is 314 g/mol. The van der Waals surface area contributed by atoms with Gasteiger partial charge in [0.05, 0.1) is 0 Å². The fraction of sp³-hybridized carbons (Fsp3) is 0.550. The van der Waals surface area contributed by atoms with Crippen LogP contribution >= 0.6 is 0 Å². The van der Waals surface area contributed by atoms with Crippen LogP contribution in [-0.4, -0.2) is 42.4 Å². The number of aryl methyl sites for hydroxylation is 1. The number of piperidine rings is 1. The predicted molar refractivity (Wildman–Crippen MR) is 96.2 cm³/mol. The Hall–Kier alpha value is -1.61. The van der Waals surface area contributed by atoms with Gasteiger partial charge in [0, 0.05) is 26.1 Å². The van der Waals surface area contributed by atoms with Gasteiger partial charge in [-0.3, -0.25) is 4.79 Å². The second kappa shape index (κ2) is 8.88. The van der Waals surface area contributed by atoms with Crippen molar-refractivity contribution in [1.82, 2.24) is 9.80 Å². The van der Waals surface area contributed by atoms with Crippen molar-refractivity contribution in [3.8, 4) is 0 Å². The van der Waals surface area contributed by atoms with Gasteiger partial charge in [-0.15, -0.1) is 6.58 Å². The molecule has 1 saturated heterocycles. The van der Waals surface area contributed by atoms with Gasteiger partial charge in [0.2, 0.25) is 5.91 Å². The van der Waals surface area contributed by atoms with E-state index in [1.807, 2.05) is 23.1 Å². The summed E-state index contributed by atoms with van der Waals surface area (Å²) >= 11 is 0. The van der Waals surface area contributed by atoms with E-state index in [4.69, 9.17) is 0 Å². The van der Waals surface area contributed by atoms with E-state index in [-0.39, 0.29) is 5.91 Å². The molecule has 0 bridgehead atoms. The van der Waals surface area contributed by atoms with E-state index in [9.17, 15) is 4.79 Å². The van der Waals surface area contributed by atoms with Crippen LogP contribution in [0.5, 0.6) is 0 Å². The second-order valence-electron chi connectivity index (χ2n) is 6.80. The van der Waals surface area contributed by atoms with E-state index in [0.29, 0.717) is 25.4 Å². The van der Waals surface area contributed by atoms with Crippen LogP contribution < -0.4 is 0 Å². The lowest BCUT2D eigenvalue weighted by Gasteiger charge is -2.30. The lowest BCUT2D eigenvalue weighted by molar-refractivity contribution is -0.131. The quantitative estimate of drug-likeness (QED) is 0.718. The van der Waals surface area contributed by atoms with E-state index in [1.54, 1.807) is 0 Å². The summed E-state index contributed by atoms with van der Waals surface area (Å²) in [6.07, 6.45) is 6.00. The Morgan fingerprint density at radius 1 is 1.43 bits per heavy atom. The molecular weight excluding hydrogens is 284 g/mol. The fourth-order valence-corrected chi connectivity index (χ4v) is 3.40. The van der Waals surface area contributed by atoms with Crippen LogP contribution in [-0.2, 0) is 11.3 Å². The number of amides is 1. The van der Waals surface area contributed by atoms with Crippen LogP contribution in [0.3, 0.4) is 0 Å². The van der Waals surface area contributed by atoms with Crippen LogP contribution in [0.2, 0.25) is 0 Å². The molecule has 1 amide bonds. The number of benzene rings is 1. The molecule has 1 aliphatic heterocycles. The molecule has 0 aliphatic carbocycles. The van der Waals surface area contributed by atoms with E-state index in [1.165, 1.54) is 30.5 Å². The first kappa shape index (κ1) is 17.7. The number of carbonyl (C=O) groups is 1. The zero-order chi connectivity index (χ0) is 16.7. The summed E-state index contributed by atoms with van der Waals surface area (Å²) < 4.78 is 0. The third-order valence-corrected chi connectivity index (χ3v) is 4.81. The molecule has 0 radical (unpaired) electrons. The standard InChI is InChI=1S/C20H30N2O/c1-4-13-22(16-19-10-6-5-8-17(19)2)20(23)12-11-18-9-7-14-21(3)15-18/h4-6,8,10,18H,1,7,9,11-16H2,2-3H3. The highest BCUT2D eigenvalue weighted by atomic mass is 16.2.